The van der Waals surface area contributed by atoms with Crippen molar-refractivity contribution >= 4 is 11.9 Å². The maximum absolute atomic E-state index is 11.9. The number of hydrogen-bond acceptors (Lipinski definition) is 8. The molecule has 0 aliphatic heterocycles. The summed E-state index contributed by atoms with van der Waals surface area (Å²) in [7, 11) is 1.25. The number of hydrogen-bond donors (Lipinski definition) is 0. The van der Waals surface area contributed by atoms with Crippen LogP contribution in [-0.2, 0) is 27.4 Å². The normalized spacial score (nSPS) is 10.5. The third-order valence-electron chi connectivity index (χ3n) is 3.46. The fourth-order valence-electron chi connectivity index (χ4n) is 2.11. The van der Waals surface area contributed by atoms with Gasteiger partial charge in [0.25, 0.3) is 0 Å². The first-order chi connectivity index (χ1) is 12.5. The lowest BCUT2D eigenvalue weighted by atomic mass is 10.1. The van der Waals surface area contributed by atoms with E-state index in [0.29, 0.717) is 11.6 Å². The third kappa shape index (κ3) is 4.12. The van der Waals surface area contributed by atoms with Gasteiger partial charge in [0.15, 0.2) is 6.54 Å². The Morgan fingerprint density at radius 1 is 1.15 bits per heavy atom. The zero-order chi connectivity index (χ0) is 18.5. The van der Waals surface area contributed by atoms with E-state index in [2.05, 4.69) is 20.1 Å². The molecule has 1 aromatic carbocycles. The fourth-order valence-corrected chi connectivity index (χ4v) is 2.11. The second-order valence-corrected chi connectivity index (χ2v) is 5.43. The zero-order valence-corrected chi connectivity index (χ0v) is 14.2. The lowest BCUT2D eigenvalue weighted by Gasteiger charge is -2.01. The summed E-state index contributed by atoms with van der Waals surface area (Å²) in [5, 5.41) is 11.9. The average molecular weight is 356 g/mol. The van der Waals surface area contributed by atoms with Gasteiger partial charge in [0.05, 0.1) is 7.11 Å². The molecule has 3 rings (SSSR count). The van der Waals surface area contributed by atoms with Crippen LogP contribution in [0.1, 0.15) is 21.9 Å². The SMILES string of the molecule is COC(=O)c1ccc(COC(=O)Cn2nnc(-c3ccc(C)cc3)n2)o1. The Hall–Kier alpha value is -3.49. The molecule has 134 valence electrons. The molecule has 26 heavy (non-hydrogen) atoms. The highest BCUT2D eigenvalue weighted by atomic mass is 16.6. The van der Waals surface area contributed by atoms with Crippen LogP contribution in [0.2, 0.25) is 0 Å². The van der Waals surface area contributed by atoms with Crippen molar-refractivity contribution in [3.05, 3.63) is 53.5 Å². The van der Waals surface area contributed by atoms with E-state index in [9.17, 15) is 9.59 Å². The molecule has 9 heteroatoms. The minimum Gasteiger partial charge on any atom is -0.463 e. The number of nitrogens with zero attached hydrogens (tertiary/aromatic N) is 4. The fraction of sp³-hybridized carbons (Fsp3) is 0.235. The van der Waals surface area contributed by atoms with Crippen molar-refractivity contribution in [2.24, 2.45) is 0 Å². The highest BCUT2D eigenvalue weighted by molar-refractivity contribution is 5.86. The van der Waals surface area contributed by atoms with Gasteiger partial charge in [-0.3, -0.25) is 0 Å². The molecule has 0 aliphatic rings. The van der Waals surface area contributed by atoms with Gasteiger partial charge in [0.2, 0.25) is 11.6 Å². The second-order valence-electron chi connectivity index (χ2n) is 5.43. The molecule has 0 unspecified atom stereocenters. The van der Waals surface area contributed by atoms with Crippen LogP contribution in [0.15, 0.2) is 40.8 Å². The lowest BCUT2D eigenvalue weighted by molar-refractivity contribution is -0.146. The molecule has 0 bridgehead atoms. The van der Waals surface area contributed by atoms with Gasteiger partial charge in [-0.25, -0.2) is 9.59 Å². The summed E-state index contributed by atoms with van der Waals surface area (Å²) in [6, 6.07) is 10.6. The number of methoxy groups -OCH3 is 1. The molecular formula is C17H16N4O5. The first-order valence-electron chi connectivity index (χ1n) is 7.72. The molecule has 0 N–H and O–H groups in total. The van der Waals surface area contributed by atoms with Crippen LogP contribution in [0.25, 0.3) is 11.4 Å². The van der Waals surface area contributed by atoms with Crippen molar-refractivity contribution in [2.45, 2.75) is 20.1 Å². The van der Waals surface area contributed by atoms with Crippen LogP contribution in [0.4, 0.5) is 0 Å². The van der Waals surface area contributed by atoms with E-state index < -0.39 is 11.9 Å². The van der Waals surface area contributed by atoms with Crippen LogP contribution in [-0.4, -0.2) is 39.3 Å². The Balaban J connectivity index is 1.54. The summed E-state index contributed by atoms with van der Waals surface area (Å²) >= 11 is 0. The Morgan fingerprint density at radius 2 is 1.92 bits per heavy atom. The molecule has 0 spiro atoms. The number of carbonyl (C=O) groups excluding carboxylic acids is 2. The van der Waals surface area contributed by atoms with Crippen molar-refractivity contribution in [3.63, 3.8) is 0 Å². The summed E-state index contributed by atoms with van der Waals surface area (Å²) in [5.74, 6) is -0.372. The van der Waals surface area contributed by atoms with Crippen molar-refractivity contribution in [1.29, 1.82) is 0 Å². The van der Waals surface area contributed by atoms with Gasteiger partial charge < -0.3 is 13.9 Å². The van der Waals surface area contributed by atoms with Gasteiger partial charge >= 0.3 is 11.9 Å². The van der Waals surface area contributed by atoms with Crippen LogP contribution >= 0.6 is 0 Å². The molecule has 0 radical (unpaired) electrons. The number of furan rings is 1. The predicted octanol–water partition coefficient (Wildman–Crippen LogP) is 1.77. The molecule has 2 aromatic heterocycles. The van der Waals surface area contributed by atoms with Gasteiger partial charge in [-0.15, -0.1) is 10.2 Å². The van der Waals surface area contributed by atoms with Gasteiger partial charge in [0, 0.05) is 5.56 Å². The number of rotatable bonds is 6. The third-order valence-corrected chi connectivity index (χ3v) is 3.46. The topological polar surface area (TPSA) is 109 Å². The summed E-state index contributed by atoms with van der Waals surface area (Å²) in [5.41, 5.74) is 1.93. The molecule has 0 atom stereocenters. The molecule has 0 amide bonds. The predicted molar refractivity (Wildman–Crippen MR) is 87.8 cm³/mol. The minimum absolute atomic E-state index is 0.0410. The monoisotopic (exact) mass is 356 g/mol. The number of esters is 2. The maximum atomic E-state index is 11.9. The van der Waals surface area contributed by atoms with Crippen molar-refractivity contribution in [3.8, 4) is 11.4 Å². The Labute approximate surface area is 148 Å². The molecule has 0 aliphatic carbocycles. The van der Waals surface area contributed by atoms with Gasteiger partial charge in [-0.2, -0.15) is 4.80 Å². The highest BCUT2D eigenvalue weighted by Gasteiger charge is 2.14. The van der Waals surface area contributed by atoms with Gasteiger partial charge in [-0.05, 0) is 24.3 Å². The molecular weight excluding hydrogens is 340 g/mol. The summed E-state index contributed by atoms with van der Waals surface area (Å²) in [4.78, 5) is 24.3. The maximum Gasteiger partial charge on any atom is 0.373 e. The van der Waals surface area contributed by atoms with Crippen LogP contribution < -0.4 is 0 Å². The van der Waals surface area contributed by atoms with E-state index in [1.165, 1.54) is 19.2 Å². The van der Waals surface area contributed by atoms with Crippen molar-refractivity contribution in [2.75, 3.05) is 7.11 Å². The number of carbonyl (C=O) groups is 2. The average Bonchev–Trinajstić information content (AvgIpc) is 3.29. The molecule has 3 aromatic rings. The molecule has 0 saturated carbocycles. The number of aromatic nitrogens is 4. The van der Waals surface area contributed by atoms with E-state index in [1.54, 1.807) is 0 Å². The van der Waals surface area contributed by atoms with Crippen LogP contribution in [0.5, 0.6) is 0 Å². The van der Waals surface area contributed by atoms with Gasteiger partial charge in [0.1, 0.15) is 12.4 Å². The first kappa shape index (κ1) is 17.3. The van der Waals surface area contributed by atoms with E-state index in [0.717, 1.165) is 15.9 Å². The molecule has 2 heterocycles. The summed E-state index contributed by atoms with van der Waals surface area (Å²) in [6.07, 6.45) is 0. The quantitative estimate of drug-likeness (QED) is 0.615. The Kier molecular flexibility index (Phi) is 5.07. The molecule has 0 saturated heterocycles. The smallest absolute Gasteiger partial charge is 0.373 e. The highest BCUT2D eigenvalue weighted by Crippen LogP contribution is 2.14. The Morgan fingerprint density at radius 3 is 2.65 bits per heavy atom. The van der Waals surface area contributed by atoms with E-state index in [1.807, 2.05) is 31.2 Å². The number of tetrazole rings is 1. The number of aryl methyl sites for hydroxylation is 1. The van der Waals surface area contributed by atoms with Gasteiger partial charge in [-0.1, -0.05) is 29.8 Å². The Bertz CT molecular complexity index is 913. The van der Waals surface area contributed by atoms with E-state index in [4.69, 9.17) is 9.15 Å². The van der Waals surface area contributed by atoms with Crippen LogP contribution in [0, 0.1) is 6.92 Å². The zero-order valence-electron chi connectivity index (χ0n) is 14.2. The molecule has 0 fully saturated rings. The number of benzene rings is 1. The van der Waals surface area contributed by atoms with E-state index >= 15 is 0 Å². The van der Waals surface area contributed by atoms with E-state index in [-0.39, 0.29) is 18.9 Å². The van der Waals surface area contributed by atoms with Crippen LogP contribution in [0.3, 0.4) is 0 Å². The number of ether oxygens (including phenoxy) is 2. The second kappa shape index (κ2) is 7.60. The lowest BCUT2D eigenvalue weighted by Crippen LogP contribution is -2.15. The van der Waals surface area contributed by atoms with Crippen molar-refractivity contribution < 1.29 is 23.5 Å². The largest absolute Gasteiger partial charge is 0.463 e. The first-order valence-corrected chi connectivity index (χ1v) is 7.72. The van der Waals surface area contributed by atoms with Crippen molar-refractivity contribution in [1.82, 2.24) is 20.2 Å². The molecule has 9 nitrogen and oxygen atoms in total. The summed E-state index contributed by atoms with van der Waals surface area (Å²) < 4.78 is 14.8. The minimum atomic E-state index is -0.599. The summed E-state index contributed by atoms with van der Waals surface area (Å²) in [6.45, 7) is 1.68. The standard InChI is InChI=1S/C17H16N4O5/c1-11-3-5-12(6-4-11)16-18-20-21(19-16)9-15(22)25-10-13-7-8-14(26-13)17(23)24-2/h3-8H,9-10H2,1-2H3.